The standard InChI is InChI=1S/C25H29N3O3/c1-5-17(2)23(20-12-8-6-9-13-20)25(30)31-16-22(29)26-24-18(3)27-28(19(24)4)21-14-10-7-11-15-21/h6-15,17,23H,5,16H2,1-4H3,(H,26,29). The number of ether oxygens (including phenoxy) is 1. The lowest BCUT2D eigenvalue weighted by molar-refractivity contribution is -0.150. The van der Waals surface area contributed by atoms with Crippen LogP contribution >= 0.6 is 0 Å². The molecule has 1 heterocycles. The van der Waals surface area contributed by atoms with Crippen LogP contribution in [-0.4, -0.2) is 28.3 Å². The van der Waals surface area contributed by atoms with Gasteiger partial charge in [0.15, 0.2) is 6.61 Å². The Morgan fingerprint density at radius 3 is 2.26 bits per heavy atom. The van der Waals surface area contributed by atoms with E-state index in [9.17, 15) is 9.59 Å². The van der Waals surface area contributed by atoms with Crippen LogP contribution in [0.25, 0.3) is 5.69 Å². The Kier molecular flexibility index (Phi) is 7.23. The fourth-order valence-corrected chi connectivity index (χ4v) is 3.64. The van der Waals surface area contributed by atoms with Gasteiger partial charge in [-0.1, -0.05) is 68.8 Å². The monoisotopic (exact) mass is 419 g/mol. The van der Waals surface area contributed by atoms with Gasteiger partial charge in [0.25, 0.3) is 5.91 Å². The van der Waals surface area contributed by atoms with Crippen molar-refractivity contribution in [3.63, 3.8) is 0 Å². The topological polar surface area (TPSA) is 73.2 Å². The smallest absolute Gasteiger partial charge is 0.314 e. The van der Waals surface area contributed by atoms with Gasteiger partial charge < -0.3 is 10.1 Å². The van der Waals surface area contributed by atoms with E-state index in [0.29, 0.717) is 11.4 Å². The summed E-state index contributed by atoms with van der Waals surface area (Å²) < 4.78 is 7.19. The summed E-state index contributed by atoms with van der Waals surface area (Å²) in [5.74, 6) is -1.07. The van der Waals surface area contributed by atoms with E-state index in [-0.39, 0.29) is 24.4 Å². The summed E-state index contributed by atoms with van der Waals surface area (Å²) in [6.45, 7) is 7.44. The summed E-state index contributed by atoms with van der Waals surface area (Å²) in [5, 5.41) is 7.37. The average molecular weight is 420 g/mol. The van der Waals surface area contributed by atoms with Gasteiger partial charge in [-0.05, 0) is 37.5 Å². The van der Waals surface area contributed by atoms with Crippen molar-refractivity contribution in [2.45, 2.75) is 40.0 Å². The number of amides is 1. The maximum absolute atomic E-state index is 12.8. The third kappa shape index (κ3) is 5.20. The minimum Gasteiger partial charge on any atom is -0.455 e. The normalized spacial score (nSPS) is 12.8. The van der Waals surface area contributed by atoms with Crippen LogP contribution in [0.15, 0.2) is 60.7 Å². The molecule has 1 N–H and O–H groups in total. The lowest BCUT2D eigenvalue weighted by Crippen LogP contribution is -2.27. The van der Waals surface area contributed by atoms with Gasteiger partial charge in [-0.3, -0.25) is 9.59 Å². The van der Waals surface area contributed by atoms with Crippen LogP contribution in [0.1, 0.15) is 43.1 Å². The molecule has 0 saturated carbocycles. The number of hydrogen-bond acceptors (Lipinski definition) is 4. The molecular weight excluding hydrogens is 390 g/mol. The van der Waals surface area contributed by atoms with Crippen LogP contribution in [0.2, 0.25) is 0 Å². The second kappa shape index (κ2) is 10.1. The van der Waals surface area contributed by atoms with E-state index in [1.54, 1.807) is 4.68 Å². The van der Waals surface area contributed by atoms with E-state index in [1.165, 1.54) is 0 Å². The number of nitrogens with one attached hydrogen (secondary N) is 1. The molecule has 1 aromatic heterocycles. The molecule has 0 aliphatic rings. The Labute approximate surface area is 183 Å². The van der Waals surface area contributed by atoms with E-state index in [0.717, 1.165) is 23.4 Å². The van der Waals surface area contributed by atoms with Gasteiger partial charge in [0.05, 0.1) is 28.7 Å². The number of carbonyl (C=O) groups excluding carboxylic acids is 2. The zero-order valence-corrected chi connectivity index (χ0v) is 18.5. The quantitative estimate of drug-likeness (QED) is 0.532. The third-order valence-corrected chi connectivity index (χ3v) is 5.53. The molecule has 2 atom stereocenters. The van der Waals surface area contributed by atoms with Gasteiger partial charge in [-0.15, -0.1) is 0 Å². The maximum atomic E-state index is 12.8. The van der Waals surface area contributed by atoms with Gasteiger partial charge in [0.1, 0.15) is 0 Å². The van der Waals surface area contributed by atoms with E-state index in [2.05, 4.69) is 10.4 Å². The highest BCUT2D eigenvalue weighted by atomic mass is 16.5. The summed E-state index contributed by atoms with van der Waals surface area (Å²) in [7, 11) is 0. The molecule has 0 saturated heterocycles. The molecule has 0 aliphatic heterocycles. The van der Waals surface area contributed by atoms with Crippen molar-refractivity contribution in [2.24, 2.45) is 5.92 Å². The Balaban J connectivity index is 1.67. The molecular formula is C25H29N3O3. The first kappa shape index (κ1) is 22.3. The number of anilines is 1. The van der Waals surface area contributed by atoms with Gasteiger partial charge in [0.2, 0.25) is 0 Å². The van der Waals surface area contributed by atoms with Crippen molar-refractivity contribution in [3.05, 3.63) is 77.6 Å². The number of aryl methyl sites for hydroxylation is 1. The number of hydrogen-bond donors (Lipinski definition) is 1. The fraction of sp³-hybridized carbons (Fsp3) is 0.320. The maximum Gasteiger partial charge on any atom is 0.314 e. The van der Waals surface area contributed by atoms with Crippen molar-refractivity contribution < 1.29 is 14.3 Å². The van der Waals surface area contributed by atoms with Crippen LogP contribution in [0.3, 0.4) is 0 Å². The number of nitrogens with zero attached hydrogens (tertiary/aromatic N) is 2. The molecule has 0 fully saturated rings. The molecule has 1 amide bonds. The number of aromatic nitrogens is 2. The van der Waals surface area contributed by atoms with Crippen LogP contribution in [-0.2, 0) is 14.3 Å². The second-order valence-electron chi connectivity index (χ2n) is 7.72. The molecule has 2 unspecified atom stereocenters. The largest absolute Gasteiger partial charge is 0.455 e. The van der Waals surface area contributed by atoms with Crippen molar-refractivity contribution in [2.75, 3.05) is 11.9 Å². The molecule has 2 aromatic carbocycles. The number of esters is 1. The van der Waals surface area contributed by atoms with E-state index in [4.69, 9.17) is 4.74 Å². The summed E-state index contributed by atoms with van der Waals surface area (Å²) in [6.07, 6.45) is 0.831. The van der Waals surface area contributed by atoms with Crippen LogP contribution in [0.4, 0.5) is 5.69 Å². The zero-order valence-electron chi connectivity index (χ0n) is 18.5. The molecule has 31 heavy (non-hydrogen) atoms. The predicted molar refractivity (Wildman–Crippen MR) is 121 cm³/mol. The zero-order chi connectivity index (χ0) is 22.4. The van der Waals surface area contributed by atoms with E-state index in [1.807, 2.05) is 88.4 Å². The van der Waals surface area contributed by atoms with Crippen molar-refractivity contribution in [1.29, 1.82) is 0 Å². The lowest BCUT2D eigenvalue weighted by atomic mass is 9.86. The molecule has 0 radical (unpaired) electrons. The highest BCUT2D eigenvalue weighted by Crippen LogP contribution is 2.28. The first-order valence-electron chi connectivity index (χ1n) is 10.6. The van der Waals surface area contributed by atoms with Crippen LogP contribution in [0.5, 0.6) is 0 Å². The Bertz CT molecular complexity index is 1030. The summed E-state index contributed by atoms with van der Waals surface area (Å²) in [6, 6.07) is 19.3. The van der Waals surface area contributed by atoms with Gasteiger partial charge in [-0.25, -0.2) is 4.68 Å². The summed E-state index contributed by atoms with van der Waals surface area (Å²) in [5.41, 5.74) is 3.95. The molecule has 0 bridgehead atoms. The summed E-state index contributed by atoms with van der Waals surface area (Å²) >= 11 is 0. The Morgan fingerprint density at radius 1 is 1.03 bits per heavy atom. The Morgan fingerprint density at radius 2 is 1.65 bits per heavy atom. The van der Waals surface area contributed by atoms with Crippen LogP contribution in [0, 0.1) is 19.8 Å². The Hall–Kier alpha value is -3.41. The fourth-order valence-electron chi connectivity index (χ4n) is 3.64. The molecule has 3 rings (SSSR count). The minimum absolute atomic E-state index is 0.103. The minimum atomic E-state index is -0.400. The highest BCUT2D eigenvalue weighted by Gasteiger charge is 2.28. The van der Waals surface area contributed by atoms with Gasteiger partial charge in [0, 0.05) is 0 Å². The first-order valence-corrected chi connectivity index (χ1v) is 10.6. The van der Waals surface area contributed by atoms with Crippen LogP contribution < -0.4 is 5.32 Å². The predicted octanol–water partition coefficient (Wildman–Crippen LogP) is 4.80. The van der Waals surface area contributed by atoms with E-state index < -0.39 is 5.92 Å². The van der Waals surface area contributed by atoms with Gasteiger partial charge >= 0.3 is 5.97 Å². The van der Waals surface area contributed by atoms with Crippen molar-refractivity contribution in [1.82, 2.24) is 9.78 Å². The molecule has 6 nitrogen and oxygen atoms in total. The highest BCUT2D eigenvalue weighted by molar-refractivity contribution is 5.94. The summed E-state index contributed by atoms with van der Waals surface area (Å²) in [4.78, 5) is 25.3. The lowest BCUT2D eigenvalue weighted by Gasteiger charge is -2.21. The number of para-hydroxylation sites is 1. The average Bonchev–Trinajstić information content (AvgIpc) is 3.07. The van der Waals surface area contributed by atoms with Crippen molar-refractivity contribution >= 4 is 17.6 Å². The van der Waals surface area contributed by atoms with Gasteiger partial charge in [-0.2, -0.15) is 5.10 Å². The molecule has 0 spiro atoms. The molecule has 3 aromatic rings. The first-order chi connectivity index (χ1) is 14.9. The number of benzene rings is 2. The third-order valence-electron chi connectivity index (χ3n) is 5.53. The molecule has 0 aliphatic carbocycles. The van der Waals surface area contributed by atoms with Crippen molar-refractivity contribution in [3.8, 4) is 5.69 Å². The molecule has 6 heteroatoms. The molecule has 162 valence electrons. The van der Waals surface area contributed by atoms with E-state index >= 15 is 0 Å². The second-order valence-corrected chi connectivity index (χ2v) is 7.72. The number of rotatable bonds is 8. The number of carbonyl (C=O) groups is 2. The SMILES string of the molecule is CCC(C)C(C(=O)OCC(=O)Nc1c(C)nn(-c2ccccc2)c1C)c1ccccc1.